The first kappa shape index (κ1) is 12.0. The molecule has 1 spiro atoms. The molecule has 1 saturated carbocycles. The van der Waals surface area contributed by atoms with E-state index < -0.39 is 27.2 Å². The van der Waals surface area contributed by atoms with E-state index >= 15 is 0 Å². The van der Waals surface area contributed by atoms with Gasteiger partial charge in [0, 0.05) is 19.5 Å². The van der Waals surface area contributed by atoms with E-state index in [1.54, 1.807) is 0 Å². The second-order valence-corrected chi connectivity index (χ2v) is 6.83. The normalized spacial score (nSPS) is 24.8. The van der Waals surface area contributed by atoms with Crippen LogP contribution < -0.4 is 0 Å². The van der Waals surface area contributed by atoms with Crippen LogP contribution in [0.15, 0.2) is 29.2 Å². The quantitative estimate of drug-likeness (QED) is 0.827. The highest BCUT2D eigenvalue weighted by Crippen LogP contribution is 2.65. The molecule has 0 atom stereocenters. The lowest BCUT2D eigenvalue weighted by atomic mass is 10.00. The fourth-order valence-corrected chi connectivity index (χ4v) is 3.89. The average Bonchev–Trinajstić information content (AvgIpc) is 2.80. The molecule has 3 rings (SSSR count). The lowest BCUT2D eigenvalue weighted by Crippen LogP contribution is -2.53. The summed E-state index contributed by atoms with van der Waals surface area (Å²) in [5.74, 6) is -3.27. The van der Waals surface area contributed by atoms with Crippen molar-refractivity contribution in [1.29, 1.82) is 0 Å². The molecular formula is C11H10F3NO2S. The SMILES string of the molecule is O=S(=O)(c1ccc(F)cc1)N1CC2(C1)CC2(F)F. The zero-order valence-electron chi connectivity index (χ0n) is 9.24. The van der Waals surface area contributed by atoms with E-state index in [1.165, 1.54) is 0 Å². The second-order valence-electron chi connectivity index (χ2n) is 4.89. The van der Waals surface area contributed by atoms with Gasteiger partial charge < -0.3 is 0 Å². The Labute approximate surface area is 102 Å². The topological polar surface area (TPSA) is 37.4 Å². The fourth-order valence-electron chi connectivity index (χ4n) is 2.28. The number of alkyl halides is 2. The molecule has 0 N–H and O–H groups in total. The van der Waals surface area contributed by atoms with E-state index in [4.69, 9.17) is 0 Å². The minimum Gasteiger partial charge on any atom is -0.207 e. The number of rotatable bonds is 2. The monoisotopic (exact) mass is 277 g/mol. The number of halogens is 3. The molecule has 1 saturated heterocycles. The summed E-state index contributed by atoms with van der Waals surface area (Å²) in [6, 6.07) is 4.35. The Morgan fingerprint density at radius 1 is 1.11 bits per heavy atom. The van der Waals surface area contributed by atoms with Gasteiger partial charge in [-0.15, -0.1) is 0 Å². The van der Waals surface area contributed by atoms with Crippen molar-refractivity contribution in [1.82, 2.24) is 4.31 Å². The molecule has 2 fully saturated rings. The molecule has 2 aliphatic rings. The Kier molecular flexibility index (Phi) is 2.18. The summed E-state index contributed by atoms with van der Waals surface area (Å²) in [7, 11) is -3.77. The smallest absolute Gasteiger partial charge is 0.207 e. The number of nitrogens with zero attached hydrogens (tertiary/aromatic N) is 1. The van der Waals surface area contributed by atoms with E-state index in [-0.39, 0.29) is 24.4 Å². The number of benzene rings is 1. The van der Waals surface area contributed by atoms with Crippen molar-refractivity contribution in [2.45, 2.75) is 17.2 Å². The largest absolute Gasteiger partial charge is 0.257 e. The highest BCUT2D eigenvalue weighted by Gasteiger charge is 2.77. The van der Waals surface area contributed by atoms with Crippen LogP contribution in [0.4, 0.5) is 13.2 Å². The minimum absolute atomic E-state index is 0.0669. The number of hydrogen-bond donors (Lipinski definition) is 0. The maximum Gasteiger partial charge on any atom is 0.257 e. The molecule has 3 nitrogen and oxygen atoms in total. The summed E-state index contributed by atoms with van der Waals surface area (Å²) in [6.45, 7) is -0.306. The lowest BCUT2D eigenvalue weighted by Gasteiger charge is -2.38. The molecule has 0 aromatic heterocycles. The van der Waals surface area contributed by atoms with Gasteiger partial charge in [-0.05, 0) is 24.3 Å². The molecule has 0 bridgehead atoms. The first-order chi connectivity index (χ1) is 8.27. The molecule has 1 aromatic rings. The van der Waals surface area contributed by atoms with Crippen LogP contribution in [0, 0.1) is 11.2 Å². The number of sulfonamides is 1. The Morgan fingerprint density at radius 3 is 2.06 bits per heavy atom. The third-order valence-corrected chi connectivity index (χ3v) is 5.43. The summed E-state index contributed by atoms with van der Waals surface area (Å²) < 4.78 is 63.7. The van der Waals surface area contributed by atoms with E-state index in [1.807, 2.05) is 0 Å². The zero-order valence-corrected chi connectivity index (χ0v) is 10.1. The van der Waals surface area contributed by atoms with Gasteiger partial charge in [0.2, 0.25) is 10.0 Å². The first-order valence-electron chi connectivity index (χ1n) is 5.41. The van der Waals surface area contributed by atoms with Gasteiger partial charge in [0.25, 0.3) is 5.92 Å². The third-order valence-electron chi connectivity index (χ3n) is 3.62. The van der Waals surface area contributed by atoms with E-state index in [0.717, 1.165) is 28.6 Å². The summed E-state index contributed by atoms with van der Waals surface area (Å²) in [5.41, 5.74) is -1.14. The molecule has 1 aliphatic carbocycles. The minimum atomic E-state index is -3.77. The van der Waals surface area contributed by atoms with Gasteiger partial charge in [-0.1, -0.05) is 0 Å². The zero-order chi connectivity index (χ0) is 13.2. The van der Waals surface area contributed by atoms with Gasteiger partial charge in [-0.25, -0.2) is 21.6 Å². The standard InChI is InChI=1S/C11H10F3NO2S/c12-8-1-3-9(4-2-8)18(16,17)15-6-10(7-15)5-11(10,13)14/h1-4H,5-7H2. The molecule has 18 heavy (non-hydrogen) atoms. The van der Waals surface area contributed by atoms with E-state index in [9.17, 15) is 21.6 Å². The van der Waals surface area contributed by atoms with Gasteiger partial charge in [0.05, 0.1) is 10.3 Å². The summed E-state index contributed by atoms with van der Waals surface area (Å²) in [4.78, 5) is -0.0669. The summed E-state index contributed by atoms with van der Waals surface area (Å²) in [5, 5.41) is 0. The third kappa shape index (κ3) is 1.50. The van der Waals surface area contributed by atoms with Crippen LogP contribution in [0.3, 0.4) is 0 Å². The summed E-state index contributed by atoms with van der Waals surface area (Å²) >= 11 is 0. The highest BCUT2D eigenvalue weighted by molar-refractivity contribution is 7.89. The Balaban J connectivity index is 1.80. The molecular weight excluding hydrogens is 267 g/mol. The van der Waals surface area contributed by atoms with Crippen LogP contribution in [0.5, 0.6) is 0 Å². The summed E-state index contributed by atoms with van der Waals surface area (Å²) in [6.07, 6.45) is -0.241. The molecule has 7 heteroatoms. The van der Waals surface area contributed by atoms with Gasteiger partial charge in [-0.3, -0.25) is 0 Å². The van der Waals surface area contributed by atoms with Gasteiger partial charge >= 0.3 is 0 Å². The predicted molar refractivity (Wildman–Crippen MR) is 57.2 cm³/mol. The van der Waals surface area contributed by atoms with E-state index in [0.29, 0.717) is 0 Å². The predicted octanol–water partition coefficient (Wildman–Crippen LogP) is 1.86. The maximum absolute atomic E-state index is 13.0. The van der Waals surface area contributed by atoms with Crippen molar-refractivity contribution in [3.05, 3.63) is 30.1 Å². The van der Waals surface area contributed by atoms with Crippen LogP contribution in [-0.4, -0.2) is 31.7 Å². The van der Waals surface area contributed by atoms with Crippen molar-refractivity contribution < 1.29 is 21.6 Å². The molecule has 0 unspecified atom stereocenters. The van der Waals surface area contributed by atoms with E-state index in [2.05, 4.69) is 0 Å². The molecule has 0 amide bonds. The Hall–Kier alpha value is -1.08. The van der Waals surface area contributed by atoms with Crippen molar-refractivity contribution in [3.8, 4) is 0 Å². The van der Waals surface area contributed by atoms with Crippen LogP contribution in [0.1, 0.15) is 6.42 Å². The van der Waals surface area contributed by atoms with Crippen molar-refractivity contribution in [2.24, 2.45) is 5.41 Å². The molecule has 0 radical (unpaired) electrons. The maximum atomic E-state index is 13.0. The van der Waals surface area contributed by atoms with Crippen molar-refractivity contribution >= 4 is 10.0 Å². The Bertz CT molecular complexity index is 591. The van der Waals surface area contributed by atoms with Crippen LogP contribution >= 0.6 is 0 Å². The van der Waals surface area contributed by atoms with Gasteiger partial charge in [0.1, 0.15) is 5.82 Å². The highest BCUT2D eigenvalue weighted by atomic mass is 32.2. The van der Waals surface area contributed by atoms with Crippen molar-refractivity contribution in [3.63, 3.8) is 0 Å². The van der Waals surface area contributed by atoms with Crippen LogP contribution in [0.2, 0.25) is 0 Å². The molecule has 1 aromatic carbocycles. The number of hydrogen-bond acceptors (Lipinski definition) is 2. The van der Waals surface area contributed by atoms with Gasteiger partial charge in [0.15, 0.2) is 0 Å². The fraction of sp³-hybridized carbons (Fsp3) is 0.455. The molecule has 98 valence electrons. The second kappa shape index (κ2) is 3.27. The lowest BCUT2D eigenvalue weighted by molar-refractivity contribution is 0.0108. The average molecular weight is 277 g/mol. The molecule has 1 heterocycles. The van der Waals surface area contributed by atoms with Crippen LogP contribution in [0.25, 0.3) is 0 Å². The Morgan fingerprint density at radius 2 is 1.61 bits per heavy atom. The van der Waals surface area contributed by atoms with Gasteiger partial charge in [-0.2, -0.15) is 4.31 Å². The first-order valence-corrected chi connectivity index (χ1v) is 6.85. The van der Waals surface area contributed by atoms with Crippen LogP contribution in [-0.2, 0) is 10.0 Å². The molecule has 1 aliphatic heterocycles. The van der Waals surface area contributed by atoms with Crippen molar-refractivity contribution in [2.75, 3.05) is 13.1 Å².